The molecule has 3 nitrogen and oxygen atoms in total. The largest absolute Gasteiger partial charge is 0.468 e. The maximum absolute atomic E-state index is 12.3. The molecule has 1 aromatic rings. The number of ketones is 1. The quantitative estimate of drug-likeness (QED) is 0.633. The Labute approximate surface area is 133 Å². The third kappa shape index (κ3) is 3.23. The normalized spacial score (nSPS) is 25.3. The molecule has 0 aliphatic heterocycles. The number of methoxy groups -OCH3 is 1. The molecule has 120 valence electrons. The standard InChI is InChI=1S/C19H26O3/c1-12-14(11-15(17(12)20)18(21)22-5)10-13-8-6-7-9-16(13)19(2,3)4/h6-9,12,14-15H,10-11H2,1-5H3. The highest BCUT2D eigenvalue weighted by molar-refractivity contribution is 6.01. The van der Waals surface area contributed by atoms with E-state index in [1.807, 2.05) is 13.0 Å². The van der Waals surface area contributed by atoms with Crippen LogP contribution in [0.5, 0.6) is 0 Å². The zero-order valence-corrected chi connectivity index (χ0v) is 14.2. The van der Waals surface area contributed by atoms with Crippen molar-refractivity contribution in [3.05, 3.63) is 35.4 Å². The van der Waals surface area contributed by atoms with Crippen LogP contribution in [0.1, 0.15) is 45.2 Å². The van der Waals surface area contributed by atoms with Crippen LogP contribution < -0.4 is 0 Å². The van der Waals surface area contributed by atoms with Crippen molar-refractivity contribution >= 4 is 11.8 Å². The van der Waals surface area contributed by atoms with Crippen LogP contribution in [-0.4, -0.2) is 18.9 Å². The molecule has 0 amide bonds. The Hall–Kier alpha value is -1.64. The van der Waals surface area contributed by atoms with Crippen molar-refractivity contribution in [3.8, 4) is 0 Å². The lowest BCUT2D eigenvalue weighted by molar-refractivity contribution is -0.148. The maximum Gasteiger partial charge on any atom is 0.316 e. The van der Waals surface area contributed by atoms with Crippen molar-refractivity contribution in [1.82, 2.24) is 0 Å². The van der Waals surface area contributed by atoms with Gasteiger partial charge in [0.25, 0.3) is 0 Å². The number of hydrogen-bond donors (Lipinski definition) is 0. The summed E-state index contributed by atoms with van der Waals surface area (Å²) in [4.78, 5) is 24.0. The van der Waals surface area contributed by atoms with Gasteiger partial charge in [0, 0.05) is 5.92 Å². The fourth-order valence-corrected chi connectivity index (χ4v) is 3.50. The van der Waals surface area contributed by atoms with Crippen LogP contribution in [0.25, 0.3) is 0 Å². The molecular formula is C19H26O3. The SMILES string of the molecule is COC(=O)C1CC(Cc2ccccc2C(C)(C)C)C(C)C1=O. The third-order valence-electron chi connectivity index (χ3n) is 4.83. The number of benzene rings is 1. The molecule has 1 fully saturated rings. The molecular weight excluding hydrogens is 276 g/mol. The Kier molecular flexibility index (Phi) is 4.74. The second kappa shape index (κ2) is 6.23. The van der Waals surface area contributed by atoms with Crippen LogP contribution in [0.2, 0.25) is 0 Å². The molecule has 1 aliphatic rings. The molecule has 0 saturated heterocycles. The number of carbonyl (C=O) groups excluding carboxylic acids is 2. The van der Waals surface area contributed by atoms with E-state index in [-0.39, 0.29) is 29.0 Å². The summed E-state index contributed by atoms with van der Waals surface area (Å²) in [5.74, 6) is -0.808. The summed E-state index contributed by atoms with van der Waals surface area (Å²) in [6.07, 6.45) is 1.44. The molecule has 0 N–H and O–H groups in total. The zero-order valence-electron chi connectivity index (χ0n) is 14.2. The van der Waals surface area contributed by atoms with Gasteiger partial charge in [-0.05, 0) is 35.3 Å². The molecule has 0 aromatic heterocycles. The van der Waals surface area contributed by atoms with E-state index in [0.717, 1.165) is 6.42 Å². The highest BCUT2D eigenvalue weighted by Gasteiger charge is 2.43. The van der Waals surface area contributed by atoms with Gasteiger partial charge in [-0.3, -0.25) is 9.59 Å². The Balaban J connectivity index is 2.22. The predicted octanol–water partition coefficient (Wildman–Crippen LogP) is 3.54. The Bertz CT molecular complexity index is 568. The first kappa shape index (κ1) is 16.7. The smallest absolute Gasteiger partial charge is 0.316 e. The molecule has 1 aromatic carbocycles. The molecule has 3 atom stereocenters. The number of rotatable bonds is 3. The van der Waals surface area contributed by atoms with Crippen molar-refractivity contribution < 1.29 is 14.3 Å². The van der Waals surface area contributed by atoms with Gasteiger partial charge in [0.2, 0.25) is 0 Å². The van der Waals surface area contributed by atoms with Crippen LogP contribution in [0.4, 0.5) is 0 Å². The Morgan fingerprint density at radius 3 is 2.50 bits per heavy atom. The van der Waals surface area contributed by atoms with E-state index in [2.05, 4.69) is 39.0 Å². The van der Waals surface area contributed by atoms with Crippen molar-refractivity contribution in [2.24, 2.45) is 17.8 Å². The first-order valence-corrected chi connectivity index (χ1v) is 7.95. The van der Waals surface area contributed by atoms with Gasteiger partial charge < -0.3 is 4.74 Å². The van der Waals surface area contributed by atoms with E-state index < -0.39 is 5.92 Å². The molecule has 2 rings (SSSR count). The second-order valence-electron chi connectivity index (χ2n) is 7.37. The van der Waals surface area contributed by atoms with Crippen LogP contribution in [0, 0.1) is 17.8 Å². The lowest BCUT2D eigenvalue weighted by Crippen LogP contribution is -2.22. The number of ether oxygens (including phenoxy) is 1. The number of esters is 1. The summed E-state index contributed by atoms with van der Waals surface area (Å²) in [5.41, 5.74) is 2.67. The van der Waals surface area contributed by atoms with Gasteiger partial charge in [-0.25, -0.2) is 0 Å². The molecule has 3 heteroatoms. The lowest BCUT2D eigenvalue weighted by Gasteiger charge is -2.25. The average Bonchev–Trinajstić information content (AvgIpc) is 2.74. The highest BCUT2D eigenvalue weighted by atomic mass is 16.5. The van der Waals surface area contributed by atoms with Crippen molar-refractivity contribution in [3.63, 3.8) is 0 Å². The monoisotopic (exact) mass is 302 g/mol. The van der Waals surface area contributed by atoms with E-state index in [1.165, 1.54) is 18.2 Å². The molecule has 22 heavy (non-hydrogen) atoms. The minimum absolute atomic E-state index is 0.0325. The molecule has 0 radical (unpaired) electrons. The van der Waals surface area contributed by atoms with Gasteiger partial charge >= 0.3 is 5.97 Å². The minimum Gasteiger partial charge on any atom is -0.468 e. The van der Waals surface area contributed by atoms with Crippen LogP contribution in [0.15, 0.2) is 24.3 Å². The first-order valence-electron chi connectivity index (χ1n) is 7.95. The molecule has 3 unspecified atom stereocenters. The molecule has 1 saturated carbocycles. The number of carbonyl (C=O) groups is 2. The maximum atomic E-state index is 12.3. The van der Waals surface area contributed by atoms with Gasteiger partial charge in [0.05, 0.1) is 7.11 Å². The molecule has 0 heterocycles. The van der Waals surface area contributed by atoms with E-state index in [1.54, 1.807) is 0 Å². The summed E-state index contributed by atoms with van der Waals surface area (Å²) in [7, 11) is 1.35. The zero-order chi connectivity index (χ0) is 16.5. The highest BCUT2D eigenvalue weighted by Crippen LogP contribution is 2.38. The van der Waals surface area contributed by atoms with Gasteiger partial charge in [-0.1, -0.05) is 52.0 Å². The number of hydrogen-bond acceptors (Lipinski definition) is 3. The van der Waals surface area contributed by atoms with Gasteiger partial charge in [-0.15, -0.1) is 0 Å². The van der Waals surface area contributed by atoms with E-state index in [4.69, 9.17) is 4.74 Å². The lowest BCUT2D eigenvalue weighted by atomic mass is 9.80. The summed E-state index contributed by atoms with van der Waals surface area (Å²) < 4.78 is 4.77. The average molecular weight is 302 g/mol. The van der Waals surface area contributed by atoms with E-state index in [9.17, 15) is 9.59 Å². The minimum atomic E-state index is -0.577. The summed E-state index contributed by atoms with van der Waals surface area (Å²) in [5, 5.41) is 0. The summed E-state index contributed by atoms with van der Waals surface area (Å²) in [6, 6.07) is 8.41. The first-order chi connectivity index (χ1) is 10.3. The molecule has 0 bridgehead atoms. The van der Waals surface area contributed by atoms with Crippen LogP contribution in [-0.2, 0) is 26.2 Å². The predicted molar refractivity (Wildman–Crippen MR) is 86.6 cm³/mol. The van der Waals surface area contributed by atoms with E-state index >= 15 is 0 Å². The Morgan fingerprint density at radius 2 is 1.91 bits per heavy atom. The fourth-order valence-electron chi connectivity index (χ4n) is 3.50. The molecule has 1 aliphatic carbocycles. The summed E-state index contributed by atoms with van der Waals surface area (Å²) >= 11 is 0. The van der Waals surface area contributed by atoms with Gasteiger partial charge in [0.15, 0.2) is 0 Å². The van der Waals surface area contributed by atoms with Crippen molar-refractivity contribution in [2.45, 2.75) is 46.0 Å². The van der Waals surface area contributed by atoms with Gasteiger partial charge in [-0.2, -0.15) is 0 Å². The summed E-state index contributed by atoms with van der Waals surface area (Å²) in [6.45, 7) is 8.54. The number of Topliss-reactive ketones (excluding diaryl/α,β-unsaturated/α-hetero) is 1. The van der Waals surface area contributed by atoms with Crippen LogP contribution in [0.3, 0.4) is 0 Å². The van der Waals surface area contributed by atoms with Crippen molar-refractivity contribution in [1.29, 1.82) is 0 Å². The second-order valence-corrected chi connectivity index (χ2v) is 7.37. The topological polar surface area (TPSA) is 43.4 Å². The Morgan fingerprint density at radius 1 is 1.27 bits per heavy atom. The van der Waals surface area contributed by atoms with E-state index in [0.29, 0.717) is 6.42 Å². The van der Waals surface area contributed by atoms with Gasteiger partial charge in [0.1, 0.15) is 11.7 Å². The third-order valence-corrected chi connectivity index (χ3v) is 4.83. The fraction of sp³-hybridized carbons (Fsp3) is 0.579. The van der Waals surface area contributed by atoms with Crippen molar-refractivity contribution in [2.75, 3.05) is 7.11 Å². The van der Waals surface area contributed by atoms with Crippen LogP contribution >= 0.6 is 0 Å². The molecule has 0 spiro atoms.